The summed E-state index contributed by atoms with van der Waals surface area (Å²) in [7, 11) is 0. The van der Waals surface area contributed by atoms with Crippen LogP contribution in [0.15, 0.2) is 22.9 Å². The highest BCUT2D eigenvalue weighted by atomic mass is 32.1. The van der Waals surface area contributed by atoms with Gasteiger partial charge in [-0.05, 0) is 24.6 Å². The Morgan fingerprint density at radius 2 is 2.16 bits per heavy atom. The number of ether oxygens (including phenoxy) is 2. The summed E-state index contributed by atoms with van der Waals surface area (Å²) in [4.78, 5) is 10.7. The van der Waals surface area contributed by atoms with E-state index in [4.69, 9.17) is 14.0 Å². The van der Waals surface area contributed by atoms with Gasteiger partial charge >= 0.3 is 0 Å². The zero-order valence-corrected chi connectivity index (χ0v) is 14.4. The first-order valence-electron chi connectivity index (χ1n) is 7.83. The highest BCUT2D eigenvalue weighted by molar-refractivity contribution is 6.99. The summed E-state index contributed by atoms with van der Waals surface area (Å²) in [5.74, 6) is 2.00. The standard InChI is InChI=1S/C15H16N6O3S/c1-10-2-3-16-11(8-10)13-17-12(24-18-13)9-23-15-14(19-25-20-15)21-4-6-22-7-5-21/h2-3,8H,4-7,9H2,1H3. The van der Waals surface area contributed by atoms with Gasteiger partial charge in [-0.3, -0.25) is 4.98 Å². The van der Waals surface area contributed by atoms with E-state index in [0.29, 0.717) is 36.5 Å². The maximum absolute atomic E-state index is 5.73. The van der Waals surface area contributed by atoms with Gasteiger partial charge in [0.25, 0.3) is 11.8 Å². The van der Waals surface area contributed by atoms with Crippen molar-refractivity contribution >= 4 is 17.5 Å². The summed E-state index contributed by atoms with van der Waals surface area (Å²) in [6.45, 7) is 5.00. The fourth-order valence-corrected chi connectivity index (χ4v) is 2.96. The number of hydrogen-bond donors (Lipinski definition) is 0. The quantitative estimate of drug-likeness (QED) is 0.673. The predicted octanol–water partition coefficient (Wildman–Crippen LogP) is 1.71. The Bertz CT molecular complexity index is 845. The minimum Gasteiger partial charge on any atom is -0.464 e. The molecule has 0 amide bonds. The molecule has 0 unspecified atom stereocenters. The van der Waals surface area contributed by atoms with Crippen LogP contribution in [0.1, 0.15) is 11.5 Å². The Morgan fingerprint density at radius 3 is 3.00 bits per heavy atom. The van der Waals surface area contributed by atoms with Crippen molar-refractivity contribution in [2.45, 2.75) is 13.5 Å². The van der Waals surface area contributed by atoms with Crippen LogP contribution in [0, 0.1) is 6.92 Å². The number of morpholine rings is 1. The van der Waals surface area contributed by atoms with Crippen molar-refractivity contribution < 1.29 is 14.0 Å². The van der Waals surface area contributed by atoms with Gasteiger partial charge in [0.1, 0.15) is 5.69 Å². The Morgan fingerprint density at radius 1 is 1.28 bits per heavy atom. The smallest absolute Gasteiger partial charge is 0.271 e. The molecule has 10 heteroatoms. The Kier molecular flexibility index (Phi) is 4.53. The van der Waals surface area contributed by atoms with Crippen molar-refractivity contribution in [3.05, 3.63) is 29.8 Å². The van der Waals surface area contributed by atoms with Gasteiger partial charge < -0.3 is 18.9 Å². The van der Waals surface area contributed by atoms with Crippen LogP contribution < -0.4 is 9.64 Å². The molecule has 0 saturated carbocycles. The zero-order valence-electron chi connectivity index (χ0n) is 13.6. The molecule has 1 aliphatic heterocycles. The Balaban J connectivity index is 1.43. The fraction of sp³-hybridized carbons (Fsp3) is 0.400. The van der Waals surface area contributed by atoms with Gasteiger partial charge in [-0.2, -0.15) is 9.36 Å². The van der Waals surface area contributed by atoms with E-state index in [1.54, 1.807) is 6.20 Å². The third-order valence-corrected chi connectivity index (χ3v) is 4.20. The lowest BCUT2D eigenvalue weighted by Crippen LogP contribution is -2.36. The summed E-state index contributed by atoms with van der Waals surface area (Å²) < 4.78 is 24.8. The topological polar surface area (TPSA) is 99.3 Å². The number of hydrogen-bond acceptors (Lipinski definition) is 10. The predicted molar refractivity (Wildman–Crippen MR) is 89.5 cm³/mol. The van der Waals surface area contributed by atoms with Crippen molar-refractivity contribution in [1.82, 2.24) is 23.9 Å². The summed E-state index contributed by atoms with van der Waals surface area (Å²) in [5.41, 5.74) is 1.75. The molecule has 1 fully saturated rings. The number of aryl methyl sites for hydroxylation is 1. The van der Waals surface area contributed by atoms with Gasteiger partial charge in [-0.15, -0.1) is 4.37 Å². The SMILES string of the molecule is Cc1ccnc(-c2noc(COc3nsnc3N3CCOCC3)n2)c1. The summed E-state index contributed by atoms with van der Waals surface area (Å²) in [6, 6.07) is 3.81. The number of aromatic nitrogens is 5. The molecule has 0 radical (unpaired) electrons. The van der Waals surface area contributed by atoms with Crippen LogP contribution in [0.3, 0.4) is 0 Å². The largest absolute Gasteiger partial charge is 0.464 e. The van der Waals surface area contributed by atoms with Gasteiger partial charge in [0.2, 0.25) is 11.6 Å². The van der Waals surface area contributed by atoms with Gasteiger partial charge in [-0.25, -0.2) is 0 Å². The van der Waals surface area contributed by atoms with Crippen molar-refractivity contribution in [3.63, 3.8) is 0 Å². The van der Waals surface area contributed by atoms with Crippen LogP contribution >= 0.6 is 11.7 Å². The second kappa shape index (κ2) is 7.11. The van der Waals surface area contributed by atoms with Crippen LogP contribution in [0.5, 0.6) is 5.88 Å². The van der Waals surface area contributed by atoms with Crippen molar-refractivity contribution in [1.29, 1.82) is 0 Å². The zero-order chi connectivity index (χ0) is 17.1. The minimum absolute atomic E-state index is 0.127. The van der Waals surface area contributed by atoms with Gasteiger partial charge in [0, 0.05) is 19.3 Å². The van der Waals surface area contributed by atoms with E-state index in [-0.39, 0.29) is 6.61 Å². The molecule has 3 aromatic rings. The third kappa shape index (κ3) is 3.59. The molecule has 130 valence electrons. The van der Waals surface area contributed by atoms with E-state index in [0.717, 1.165) is 36.2 Å². The molecule has 0 N–H and O–H groups in total. The van der Waals surface area contributed by atoms with Gasteiger partial charge in [0.15, 0.2) is 6.61 Å². The average molecular weight is 360 g/mol. The fourth-order valence-electron chi connectivity index (χ4n) is 2.44. The molecule has 4 rings (SSSR count). The molecule has 1 saturated heterocycles. The number of rotatable bonds is 5. The molecule has 9 nitrogen and oxygen atoms in total. The third-order valence-electron chi connectivity index (χ3n) is 3.70. The second-order valence-electron chi connectivity index (χ2n) is 5.51. The van der Waals surface area contributed by atoms with Crippen molar-refractivity contribution in [2.75, 3.05) is 31.2 Å². The molecular weight excluding hydrogens is 344 g/mol. The highest BCUT2D eigenvalue weighted by Gasteiger charge is 2.20. The molecule has 0 bridgehead atoms. The number of nitrogens with zero attached hydrogens (tertiary/aromatic N) is 6. The molecule has 25 heavy (non-hydrogen) atoms. The van der Waals surface area contributed by atoms with E-state index in [9.17, 15) is 0 Å². The molecule has 0 aromatic carbocycles. The van der Waals surface area contributed by atoms with Crippen molar-refractivity contribution in [2.24, 2.45) is 0 Å². The molecule has 0 aliphatic carbocycles. The molecular formula is C15H16N6O3S. The van der Waals surface area contributed by atoms with Crippen LogP contribution in [0.4, 0.5) is 5.82 Å². The summed E-state index contributed by atoms with van der Waals surface area (Å²) in [6.07, 6.45) is 1.72. The Hall–Kier alpha value is -2.59. The molecule has 0 atom stereocenters. The van der Waals surface area contributed by atoms with E-state index < -0.39 is 0 Å². The first-order chi connectivity index (χ1) is 12.3. The molecule has 1 aliphatic rings. The van der Waals surface area contributed by atoms with Gasteiger partial charge in [0.05, 0.1) is 24.9 Å². The van der Waals surface area contributed by atoms with E-state index >= 15 is 0 Å². The van der Waals surface area contributed by atoms with Crippen LogP contribution in [0.2, 0.25) is 0 Å². The maximum atomic E-state index is 5.73. The highest BCUT2D eigenvalue weighted by Crippen LogP contribution is 2.27. The van der Waals surface area contributed by atoms with Gasteiger partial charge in [-0.1, -0.05) is 5.16 Å². The molecule has 3 aromatic heterocycles. The number of pyridine rings is 1. The first-order valence-corrected chi connectivity index (χ1v) is 8.56. The lowest BCUT2D eigenvalue weighted by atomic mass is 10.2. The van der Waals surface area contributed by atoms with E-state index in [2.05, 4.69) is 28.8 Å². The first kappa shape index (κ1) is 15.9. The number of anilines is 1. The van der Waals surface area contributed by atoms with Crippen LogP contribution in [-0.4, -0.2) is 50.2 Å². The van der Waals surface area contributed by atoms with Crippen molar-refractivity contribution in [3.8, 4) is 17.4 Å². The van der Waals surface area contributed by atoms with E-state index in [1.807, 2.05) is 19.1 Å². The monoisotopic (exact) mass is 360 g/mol. The normalized spacial score (nSPS) is 14.7. The van der Waals surface area contributed by atoms with Crippen LogP contribution in [-0.2, 0) is 11.3 Å². The minimum atomic E-state index is 0.127. The van der Waals surface area contributed by atoms with Crippen LogP contribution in [0.25, 0.3) is 11.5 Å². The second-order valence-corrected chi connectivity index (χ2v) is 6.04. The maximum Gasteiger partial charge on any atom is 0.271 e. The molecule has 4 heterocycles. The Labute approximate surface area is 147 Å². The summed E-state index contributed by atoms with van der Waals surface area (Å²) >= 11 is 1.11. The lowest BCUT2D eigenvalue weighted by molar-refractivity contribution is 0.122. The average Bonchev–Trinajstić information content (AvgIpc) is 3.30. The van der Waals surface area contributed by atoms with E-state index in [1.165, 1.54) is 0 Å². The lowest BCUT2D eigenvalue weighted by Gasteiger charge is -2.26. The molecule has 0 spiro atoms. The summed E-state index contributed by atoms with van der Waals surface area (Å²) in [5, 5.41) is 3.95.